The van der Waals surface area contributed by atoms with Crippen LogP contribution in [0.5, 0.6) is 5.75 Å². The standard InChI is InChI=1S/C40H52BrN8O3P/c1-47-17-19-48(20-18-47)28-11-15-49(16-12-28)36-23-30(26-13-21-52-22-14-26)35(24-37(36)51-2)45-40-42-25-31(41)39(46-40)44-34-10-9-33-29(38(34)53(3,4)50)7-8-32(43-33)27-5-6-27/h7-10,23-28H,5-6,11-22H2,1-4H3,(H2,42,44,45,46). The van der Waals surface area contributed by atoms with E-state index >= 15 is 0 Å². The Kier molecular flexibility index (Phi) is 10.7. The molecule has 0 radical (unpaired) electrons. The van der Waals surface area contributed by atoms with Crippen molar-refractivity contribution in [2.45, 2.75) is 56.4 Å². The molecule has 2 aromatic carbocycles. The highest BCUT2D eigenvalue weighted by Crippen LogP contribution is 2.45. The van der Waals surface area contributed by atoms with Gasteiger partial charge in [0.2, 0.25) is 5.95 Å². The van der Waals surface area contributed by atoms with Crippen molar-refractivity contribution in [3.8, 4) is 5.75 Å². The molecule has 2 N–H and O–H groups in total. The van der Waals surface area contributed by atoms with E-state index in [2.05, 4.69) is 77.6 Å². The number of piperidine rings is 1. The first-order valence-electron chi connectivity index (χ1n) is 19.2. The lowest BCUT2D eigenvalue weighted by Gasteiger charge is -2.43. The first-order valence-corrected chi connectivity index (χ1v) is 22.6. The lowest BCUT2D eigenvalue weighted by atomic mass is 9.89. The highest BCUT2D eigenvalue weighted by molar-refractivity contribution is 9.10. The number of aromatic nitrogens is 3. The van der Waals surface area contributed by atoms with E-state index in [9.17, 15) is 4.57 Å². The summed E-state index contributed by atoms with van der Waals surface area (Å²) in [6.07, 6.45) is 8.35. The van der Waals surface area contributed by atoms with Gasteiger partial charge < -0.3 is 34.5 Å². The summed E-state index contributed by atoms with van der Waals surface area (Å²) in [5.41, 5.74) is 6.08. The zero-order valence-corrected chi connectivity index (χ0v) is 33.9. The largest absolute Gasteiger partial charge is 0.495 e. The summed E-state index contributed by atoms with van der Waals surface area (Å²) in [5, 5.41) is 8.77. The predicted octanol–water partition coefficient (Wildman–Crippen LogP) is 7.52. The zero-order chi connectivity index (χ0) is 36.7. The number of nitrogens with zero attached hydrogens (tertiary/aromatic N) is 6. The summed E-state index contributed by atoms with van der Waals surface area (Å²) >= 11 is 3.67. The second-order valence-electron chi connectivity index (χ2n) is 15.6. The first-order chi connectivity index (χ1) is 25.6. The van der Waals surface area contributed by atoms with Crippen LogP contribution in [0.15, 0.2) is 47.1 Å². The van der Waals surface area contributed by atoms with Gasteiger partial charge in [-0.3, -0.25) is 9.88 Å². The molecule has 0 atom stereocenters. The number of hydrogen-bond donors (Lipinski definition) is 2. The van der Waals surface area contributed by atoms with Crippen molar-refractivity contribution in [1.29, 1.82) is 0 Å². The highest BCUT2D eigenvalue weighted by Gasteiger charge is 2.30. The van der Waals surface area contributed by atoms with E-state index in [0.717, 1.165) is 123 Å². The molecule has 11 nitrogen and oxygen atoms in total. The highest BCUT2D eigenvalue weighted by atomic mass is 79.9. The van der Waals surface area contributed by atoms with Crippen LogP contribution in [0.4, 0.5) is 28.8 Å². The minimum absolute atomic E-state index is 0.337. The Balaban J connectivity index is 1.07. The molecule has 0 spiro atoms. The molecule has 1 saturated carbocycles. The Bertz CT molecular complexity index is 2000. The van der Waals surface area contributed by atoms with Gasteiger partial charge in [-0.15, -0.1) is 0 Å². The van der Waals surface area contributed by atoms with Crippen LogP contribution in [0, 0.1) is 0 Å². The molecule has 2 aromatic heterocycles. The Labute approximate surface area is 321 Å². The molecule has 0 bridgehead atoms. The molecule has 1 aliphatic carbocycles. The fraction of sp³-hybridized carbons (Fsp3) is 0.525. The number of likely N-dealkylation sites (N-methyl/N-ethyl adjacent to an activating group) is 1. The van der Waals surface area contributed by atoms with Gasteiger partial charge in [-0.05, 0) is 111 Å². The van der Waals surface area contributed by atoms with Gasteiger partial charge in [0.25, 0.3) is 0 Å². The number of anilines is 5. The monoisotopic (exact) mass is 802 g/mol. The van der Waals surface area contributed by atoms with E-state index in [4.69, 9.17) is 19.4 Å². The summed E-state index contributed by atoms with van der Waals surface area (Å²) < 4.78 is 26.4. The number of rotatable bonds is 10. The number of halogens is 1. The molecular formula is C40H52BrN8O3P. The number of hydrogen-bond acceptors (Lipinski definition) is 11. The molecular weight excluding hydrogens is 751 g/mol. The van der Waals surface area contributed by atoms with Crippen molar-refractivity contribution in [1.82, 2.24) is 24.8 Å². The lowest BCUT2D eigenvalue weighted by Crippen LogP contribution is -2.52. The normalized spacial score (nSPS) is 19.8. The maximum Gasteiger partial charge on any atom is 0.229 e. The first kappa shape index (κ1) is 36.7. The minimum Gasteiger partial charge on any atom is -0.495 e. The van der Waals surface area contributed by atoms with Crippen molar-refractivity contribution in [2.75, 3.05) is 95.5 Å². The maximum atomic E-state index is 13.8. The van der Waals surface area contributed by atoms with Crippen LogP contribution in [0.2, 0.25) is 0 Å². The number of pyridine rings is 1. The quantitative estimate of drug-likeness (QED) is 0.156. The van der Waals surface area contributed by atoms with Crippen LogP contribution in [-0.2, 0) is 9.30 Å². The van der Waals surface area contributed by atoms with Crippen molar-refractivity contribution in [3.63, 3.8) is 0 Å². The molecule has 3 saturated heterocycles. The van der Waals surface area contributed by atoms with Gasteiger partial charge in [0.15, 0.2) is 0 Å². The van der Waals surface area contributed by atoms with Crippen LogP contribution < -0.4 is 25.6 Å². The second kappa shape index (κ2) is 15.5. The third kappa shape index (κ3) is 8.08. The number of ether oxygens (including phenoxy) is 2. The molecule has 0 amide bonds. The molecule has 13 heteroatoms. The number of piperazine rings is 1. The molecule has 282 valence electrons. The molecule has 4 aliphatic rings. The average Bonchev–Trinajstić information content (AvgIpc) is 4.02. The Morgan fingerprint density at radius 3 is 2.32 bits per heavy atom. The molecule has 3 aliphatic heterocycles. The Morgan fingerprint density at radius 2 is 1.62 bits per heavy atom. The fourth-order valence-corrected chi connectivity index (χ4v) is 10.1. The Morgan fingerprint density at radius 1 is 0.868 bits per heavy atom. The van der Waals surface area contributed by atoms with E-state index in [-0.39, 0.29) is 0 Å². The number of nitrogens with one attached hydrogen (secondary N) is 2. The van der Waals surface area contributed by atoms with Gasteiger partial charge in [-0.25, -0.2) is 4.98 Å². The lowest BCUT2D eigenvalue weighted by molar-refractivity contribution is 0.0854. The molecule has 5 heterocycles. The average molecular weight is 804 g/mol. The van der Waals surface area contributed by atoms with Crippen LogP contribution in [0.1, 0.15) is 61.6 Å². The van der Waals surface area contributed by atoms with E-state index in [0.29, 0.717) is 34.1 Å². The van der Waals surface area contributed by atoms with Crippen molar-refractivity contribution in [2.24, 2.45) is 0 Å². The number of benzene rings is 2. The topological polar surface area (TPSA) is 108 Å². The van der Waals surface area contributed by atoms with E-state index < -0.39 is 7.14 Å². The van der Waals surface area contributed by atoms with Gasteiger partial charge in [0, 0.05) is 98.8 Å². The molecule has 4 fully saturated rings. The van der Waals surface area contributed by atoms with Gasteiger partial charge in [-0.1, -0.05) is 6.07 Å². The third-order valence-corrected chi connectivity index (χ3v) is 13.7. The number of fused-ring (bicyclic) bond motifs is 1. The summed E-state index contributed by atoms with van der Waals surface area (Å²) in [6, 6.07) is 13.3. The van der Waals surface area contributed by atoms with Gasteiger partial charge in [0.1, 0.15) is 18.7 Å². The summed E-state index contributed by atoms with van der Waals surface area (Å²) in [6.45, 7) is 11.8. The van der Waals surface area contributed by atoms with Crippen LogP contribution in [0.25, 0.3) is 10.9 Å². The fourth-order valence-electron chi connectivity index (χ4n) is 8.36. The second-order valence-corrected chi connectivity index (χ2v) is 19.6. The molecule has 8 rings (SSSR count). The SMILES string of the molecule is COc1cc(Nc2ncc(Br)c(Nc3ccc4nc(C5CC5)ccc4c3P(C)(C)=O)n2)c(C2CCOCC2)cc1N1CCC(N2CCN(C)CC2)CC1. The van der Waals surface area contributed by atoms with E-state index in [1.165, 1.54) is 18.4 Å². The van der Waals surface area contributed by atoms with Crippen LogP contribution in [-0.4, -0.2) is 111 Å². The summed E-state index contributed by atoms with van der Waals surface area (Å²) in [7, 11) is 1.27. The molecule has 53 heavy (non-hydrogen) atoms. The maximum absolute atomic E-state index is 13.8. The minimum atomic E-state index is -2.71. The van der Waals surface area contributed by atoms with Crippen LogP contribution >= 0.6 is 23.1 Å². The van der Waals surface area contributed by atoms with Gasteiger partial charge in [-0.2, -0.15) is 4.98 Å². The van der Waals surface area contributed by atoms with E-state index in [1.807, 2.05) is 25.5 Å². The smallest absolute Gasteiger partial charge is 0.229 e. The predicted molar refractivity (Wildman–Crippen MR) is 219 cm³/mol. The summed E-state index contributed by atoms with van der Waals surface area (Å²) in [4.78, 5) is 22.2. The van der Waals surface area contributed by atoms with E-state index in [1.54, 1.807) is 13.3 Å². The number of methoxy groups -OCH3 is 1. The van der Waals surface area contributed by atoms with Crippen molar-refractivity contribution >= 4 is 68.1 Å². The summed E-state index contributed by atoms with van der Waals surface area (Å²) in [5.74, 6) is 2.77. The molecule has 0 unspecified atom stereocenters. The van der Waals surface area contributed by atoms with Crippen molar-refractivity contribution < 1.29 is 14.0 Å². The van der Waals surface area contributed by atoms with Gasteiger partial charge in [0.05, 0.1) is 28.5 Å². The van der Waals surface area contributed by atoms with Gasteiger partial charge >= 0.3 is 0 Å². The van der Waals surface area contributed by atoms with Crippen molar-refractivity contribution in [3.05, 3.63) is 58.3 Å². The Hall–Kier alpha value is -3.28. The molecule has 4 aromatic rings. The third-order valence-electron chi connectivity index (χ3n) is 11.5. The zero-order valence-electron chi connectivity index (χ0n) is 31.4. The van der Waals surface area contributed by atoms with Crippen LogP contribution in [0.3, 0.4) is 0 Å².